The molecule has 0 aliphatic rings. The van der Waals surface area contributed by atoms with Gasteiger partial charge in [-0.05, 0) is 55.8 Å². The van der Waals surface area contributed by atoms with Gasteiger partial charge in [0.1, 0.15) is 5.49 Å². The number of amides is 1. The number of pyridine rings is 1. The molecule has 0 radical (unpaired) electrons. The topological polar surface area (TPSA) is 73.3 Å². The molecule has 0 spiro atoms. The molecule has 4 rings (SSSR count). The van der Waals surface area contributed by atoms with Crippen LogP contribution in [0.2, 0.25) is 0 Å². The van der Waals surface area contributed by atoms with Crippen LogP contribution in [0.5, 0.6) is 0 Å². The maximum absolute atomic E-state index is 12.7. The first kappa shape index (κ1) is 18.6. The van der Waals surface area contributed by atoms with Crippen LogP contribution in [-0.2, 0) is 6.54 Å². The zero-order valence-corrected chi connectivity index (χ0v) is 16.2. The molecule has 1 amide bonds. The van der Waals surface area contributed by atoms with Crippen LogP contribution in [0, 0.1) is 13.8 Å². The number of aromatic nitrogens is 3. The summed E-state index contributed by atoms with van der Waals surface area (Å²) in [4.78, 5) is 21.2. The van der Waals surface area contributed by atoms with Gasteiger partial charge in [-0.2, -0.15) is 9.98 Å². The van der Waals surface area contributed by atoms with E-state index in [1.165, 1.54) is 5.56 Å². The number of benzene rings is 2. The molecule has 144 valence electrons. The summed E-state index contributed by atoms with van der Waals surface area (Å²) in [7, 11) is 0. The first-order chi connectivity index (χ1) is 14.1. The van der Waals surface area contributed by atoms with Gasteiger partial charge in [-0.1, -0.05) is 41.1 Å². The van der Waals surface area contributed by atoms with Gasteiger partial charge in [0.25, 0.3) is 11.8 Å². The monoisotopic (exact) mass is 384 g/mol. The van der Waals surface area contributed by atoms with E-state index in [2.05, 4.69) is 46.3 Å². The average molecular weight is 384 g/mol. The number of hydrogen-bond donors (Lipinski definition) is 0. The van der Waals surface area contributed by atoms with Crippen molar-refractivity contribution in [1.82, 2.24) is 14.7 Å². The lowest BCUT2D eigenvalue weighted by Gasteiger charge is -2.08. The molecule has 0 saturated heterocycles. The van der Waals surface area contributed by atoms with Crippen LogP contribution in [0.25, 0.3) is 11.5 Å². The molecule has 0 N–H and O–H groups in total. The molecule has 2 aromatic heterocycles. The maximum Gasteiger partial charge on any atom is 0.278 e. The molecule has 0 aliphatic heterocycles. The highest BCUT2D eigenvalue weighted by molar-refractivity contribution is 5.95. The van der Waals surface area contributed by atoms with E-state index in [1.807, 2.05) is 29.0 Å². The van der Waals surface area contributed by atoms with Crippen LogP contribution in [-0.4, -0.2) is 20.6 Å². The fourth-order valence-corrected chi connectivity index (χ4v) is 2.93. The zero-order chi connectivity index (χ0) is 20.2. The van der Waals surface area contributed by atoms with Crippen LogP contribution in [0.15, 0.2) is 82.4 Å². The molecule has 0 unspecified atom stereocenters. The first-order valence-corrected chi connectivity index (χ1v) is 9.29. The molecular formula is C23H20N4O2. The SMILES string of the molecule is Cc1ccc(Cn2ccccc2=NC(=O)c2ccc(-c3nc(C)no3)cc2)cc1. The van der Waals surface area contributed by atoms with Crippen LogP contribution in [0.4, 0.5) is 0 Å². The molecule has 0 saturated carbocycles. The Hall–Kier alpha value is -3.80. The Morgan fingerprint density at radius 2 is 1.76 bits per heavy atom. The Balaban J connectivity index is 1.59. The summed E-state index contributed by atoms with van der Waals surface area (Å²) in [5.74, 6) is 0.692. The summed E-state index contributed by atoms with van der Waals surface area (Å²) in [5, 5.41) is 3.78. The van der Waals surface area contributed by atoms with E-state index in [9.17, 15) is 4.79 Å². The van der Waals surface area contributed by atoms with Crippen molar-refractivity contribution in [1.29, 1.82) is 0 Å². The Morgan fingerprint density at radius 3 is 2.45 bits per heavy atom. The normalized spacial score (nSPS) is 11.6. The first-order valence-electron chi connectivity index (χ1n) is 9.29. The minimum atomic E-state index is -0.304. The van der Waals surface area contributed by atoms with Crippen LogP contribution in [0.1, 0.15) is 27.3 Å². The van der Waals surface area contributed by atoms with Crippen molar-refractivity contribution in [3.05, 3.63) is 101 Å². The van der Waals surface area contributed by atoms with Gasteiger partial charge < -0.3 is 9.09 Å². The highest BCUT2D eigenvalue weighted by Gasteiger charge is 2.09. The Morgan fingerprint density at radius 1 is 1.00 bits per heavy atom. The lowest BCUT2D eigenvalue weighted by molar-refractivity contribution is 0.0997. The van der Waals surface area contributed by atoms with Crippen molar-refractivity contribution in [2.75, 3.05) is 0 Å². The molecule has 29 heavy (non-hydrogen) atoms. The molecule has 2 heterocycles. The Labute approximate surface area is 168 Å². The molecular weight excluding hydrogens is 364 g/mol. The predicted molar refractivity (Wildman–Crippen MR) is 109 cm³/mol. The number of carbonyl (C=O) groups excluding carboxylic acids is 1. The van der Waals surface area contributed by atoms with Crippen molar-refractivity contribution in [3.8, 4) is 11.5 Å². The van der Waals surface area contributed by atoms with Gasteiger partial charge in [-0.3, -0.25) is 4.79 Å². The van der Waals surface area contributed by atoms with Gasteiger partial charge in [-0.25, -0.2) is 0 Å². The molecule has 2 aromatic carbocycles. The summed E-state index contributed by atoms with van der Waals surface area (Å²) >= 11 is 0. The minimum absolute atomic E-state index is 0.304. The van der Waals surface area contributed by atoms with E-state index in [4.69, 9.17) is 4.52 Å². The van der Waals surface area contributed by atoms with Gasteiger partial charge in [0.05, 0.1) is 0 Å². The second kappa shape index (κ2) is 8.06. The molecule has 0 atom stereocenters. The number of carbonyl (C=O) groups is 1. The fourth-order valence-electron chi connectivity index (χ4n) is 2.93. The fraction of sp³-hybridized carbons (Fsp3) is 0.130. The predicted octanol–water partition coefficient (Wildman–Crippen LogP) is 3.94. The van der Waals surface area contributed by atoms with E-state index in [0.717, 1.165) is 11.1 Å². The maximum atomic E-state index is 12.7. The molecule has 0 fully saturated rings. The van der Waals surface area contributed by atoms with Crippen LogP contribution >= 0.6 is 0 Å². The van der Waals surface area contributed by atoms with E-state index in [1.54, 1.807) is 31.2 Å². The summed E-state index contributed by atoms with van der Waals surface area (Å²) in [6.45, 7) is 4.46. The van der Waals surface area contributed by atoms with Gasteiger partial charge in [-0.15, -0.1) is 0 Å². The number of nitrogens with zero attached hydrogens (tertiary/aromatic N) is 4. The Bertz CT molecular complexity index is 1200. The third-order valence-electron chi connectivity index (χ3n) is 4.51. The molecule has 4 aromatic rings. The van der Waals surface area contributed by atoms with Crippen molar-refractivity contribution in [3.63, 3.8) is 0 Å². The largest absolute Gasteiger partial charge is 0.334 e. The van der Waals surface area contributed by atoms with Gasteiger partial charge >= 0.3 is 0 Å². The van der Waals surface area contributed by atoms with E-state index in [-0.39, 0.29) is 5.91 Å². The summed E-state index contributed by atoms with van der Waals surface area (Å²) in [6.07, 6.45) is 1.92. The van der Waals surface area contributed by atoms with Crippen LogP contribution in [0.3, 0.4) is 0 Å². The number of rotatable bonds is 4. The van der Waals surface area contributed by atoms with Crippen molar-refractivity contribution >= 4 is 5.91 Å². The second-order valence-electron chi connectivity index (χ2n) is 6.81. The minimum Gasteiger partial charge on any atom is -0.334 e. The van der Waals surface area contributed by atoms with Gasteiger partial charge in [0.15, 0.2) is 5.82 Å². The highest BCUT2D eigenvalue weighted by atomic mass is 16.5. The quantitative estimate of drug-likeness (QED) is 0.534. The van der Waals surface area contributed by atoms with Crippen LogP contribution < -0.4 is 5.49 Å². The van der Waals surface area contributed by atoms with Crippen molar-refractivity contribution in [2.45, 2.75) is 20.4 Å². The molecule has 0 aliphatic carbocycles. The summed E-state index contributed by atoms with van der Waals surface area (Å²) in [5.41, 5.74) is 4.22. The summed E-state index contributed by atoms with van der Waals surface area (Å²) in [6, 6.07) is 20.9. The third kappa shape index (κ3) is 4.38. The van der Waals surface area contributed by atoms with E-state index < -0.39 is 0 Å². The van der Waals surface area contributed by atoms with E-state index >= 15 is 0 Å². The average Bonchev–Trinajstić information content (AvgIpc) is 3.17. The van der Waals surface area contributed by atoms with Crippen molar-refractivity contribution in [2.24, 2.45) is 4.99 Å². The molecule has 6 nitrogen and oxygen atoms in total. The zero-order valence-electron chi connectivity index (χ0n) is 16.2. The lowest BCUT2D eigenvalue weighted by Crippen LogP contribution is -2.22. The number of hydrogen-bond acceptors (Lipinski definition) is 4. The van der Waals surface area contributed by atoms with E-state index in [0.29, 0.717) is 29.3 Å². The lowest BCUT2D eigenvalue weighted by atomic mass is 10.1. The second-order valence-corrected chi connectivity index (χ2v) is 6.81. The van der Waals surface area contributed by atoms with Crippen molar-refractivity contribution < 1.29 is 9.32 Å². The third-order valence-corrected chi connectivity index (χ3v) is 4.51. The molecule has 6 heteroatoms. The van der Waals surface area contributed by atoms with Gasteiger partial charge in [0.2, 0.25) is 0 Å². The van der Waals surface area contributed by atoms with Gasteiger partial charge in [0, 0.05) is 23.9 Å². The highest BCUT2D eigenvalue weighted by Crippen LogP contribution is 2.17. The molecule has 0 bridgehead atoms. The standard InChI is InChI=1S/C23H20N4O2/c1-16-6-8-18(9-7-16)15-27-14-4-3-5-21(27)25-22(28)19-10-12-20(13-11-19)23-24-17(2)26-29-23/h3-14H,15H2,1-2H3. The summed E-state index contributed by atoms with van der Waals surface area (Å²) < 4.78 is 7.11. The number of aryl methyl sites for hydroxylation is 2. The smallest absolute Gasteiger partial charge is 0.278 e. The Kier molecular flexibility index (Phi) is 5.16.